The van der Waals surface area contributed by atoms with Gasteiger partial charge in [-0.05, 0) is 17.7 Å². The Bertz CT molecular complexity index is 888. The van der Waals surface area contributed by atoms with E-state index < -0.39 is 0 Å². The average molecular weight is 342 g/mol. The number of hydrogen-bond donors (Lipinski definition) is 1. The summed E-state index contributed by atoms with van der Waals surface area (Å²) in [5.41, 5.74) is 3.33. The SMILES string of the molecule is O=C(c1csc(Cc2cccc(F)c2)n1)N1CCc2nc[nH]c2C1. The predicted octanol–water partition coefficient (Wildman–Crippen LogP) is 2.79. The first-order valence-electron chi connectivity index (χ1n) is 7.68. The molecule has 1 N–H and O–H groups in total. The highest BCUT2D eigenvalue weighted by atomic mass is 32.1. The molecule has 0 saturated heterocycles. The van der Waals surface area contributed by atoms with Crippen LogP contribution in [0, 0.1) is 5.82 Å². The summed E-state index contributed by atoms with van der Waals surface area (Å²) in [7, 11) is 0. The van der Waals surface area contributed by atoms with Crippen molar-refractivity contribution >= 4 is 17.2 Å². The van der Waals surface area contributed by atoms with Crippen LogP contribution < -0.4 is 0 Å². The number of H-pyrrole nitrogens is 1. The average Bonchev–Trinajstić information content (AvgIpc) is 3.22. The van der Waals surface area contributed by atoms with Crippen molar-refractivity contribution in [2.45, 2.75) is 19.4 Å². The van der Waals surface area contributed by atoms with E-state index in [0.717, 1.165) is 28.4 Å². The Morgan fingerprint density at radius 2 is 2.33 bits per heavy atom. The molecule has 0 atom stereocenters. The lowest BCUT2D eigenvalue weighted by Gasteiger charge is -2.25. The first kappa shape index (κ1) is 15.0. The second-order valence-electron chi connectivity index (χ2n) is 5.74. The van der Waals surface area contributed by atoms with Crippen molar-refractivity contribution in [3.05, 3.63) is 69.4 Å². The van der Waals surface area contributed by atoms with E-state index in [2.05, 4.69) is 15.0 Å². The number of carbonyl (C=O) groups excluding carboxylic acids is 1. The van der Waals surface area contributed by atoms with E-state index in [9.17, 15) is 9.18 Å². The maximum Gasteiger partial charge on any atom is 0.273 e. The van der Waals surface area contributed by atoms with Crippen molar-refractivity contribution in [2.24, 2.45) is 0 Å². The lowest BCUT2D eigenvalue weighted by Crippen LogP contribution is -2.36. The molecule has 0 bridgehead atoms. The van der Waals surface area contributed by atoms with E-state index in [1.54, 1.807) is 22.7 Å². The molecule has 24 heavy (non-hydrogen) atoms. The van der Waals surface area contributed by atoms with Crippen molar-refractivity contribution in [1.29, 1.82) is 0 Å². The fourth-order valence-corrected chi connectivity index (χ4v) is 3.66. The quantitative estimate of drug-likeness (QED) is 0.796. The van der Waals surface area contributed by atoms with Crippen molar-refractivity contribution < 1.29 is 9.18 Å². The molecule has 0 saturated carbocycles. The molecule has 2 aromatic heterocycles. The third kappa shape index (κ3) is 2.94. The van der Waals surface area contributed by atoms with Gasteiger partial charge in [0.25, 0.3) is 5.91 Å². The zero-order chi connectivity index (χ0) is 16.5. The zero-order valence-corrected chi connectivity index (χ0v) is 13.6. The molecule has 5 nitrogen and oxygen atoms in total. The smallest absolute Gasteiger partial charge is 0.273 e. The molecule has 122 valence electrons. The molecular weight excluding hydrogens is 327 g/mol. The van der Waals surface area contributed by atoms with Gasteiger partial charge in [-0.15, -0.1) is 11.3 Å². The molecule has 3 aromatic rings. The lowest BCUT2D eigenvalue weighted by molar-refractivity contribution is 0.0726. The van der Waals surface area contributed by atoms with E-state index in [1.807, 2.05) is 6.07 Å². The van der Waals surface area contributed by atoms with Gasteiger partial charge in [0.05, 0.1) is 29.3 Å². The summed E-state index contributed by atoms with van der Waals surface area (Å²) < 4.78 is 13.3. The first-order chi connectivity index (χ1) is 11.7. The van der Waals surface area contributed by atoms with Gasteiger partial charge >= 0.3 is 0 Å². The maximum absolute atomic E-state index is 13.3. The molecule has 1 aromatic carbocycles. The highest BCUT2D eigenvalue weighted by Gasteiger charge is 2.24. The number of hydrogen-bond acceptors (Lipinski definition) is 4. The molecule has 0 spiro atoms. The number of nitrogens with one attached hydrogen (secondary N) is 1. The molecule has 0 radical (unpaired) electrons. The van der Waals surface area contributed by atoms with Crippen LogP contribution in [-0.4, -0.2) is 32.3 Å². The van der Waals surface area contributed by atoms with Crippen LogP contribution in [0.4, 0.5) is 4.39 Å². The van der Waals surface area contributed by atoms with Crippen LogP contribution in [0.2, 0.25) is 0 Å². The van der Waals surface area contributed by atoms with Crippen molar-refractivity contribution in [1.82, 2.24) is 19.9 Å². The Labute approximate surface area is 142 Å². The molecule has 4 rings (SSSR count). The van der Waals surface area contributed by atoms with Crippen LogP contribution in [0.1, 0.15) is 32.4 Å². The van der Waals surface area contributed by atoms with Gasteiger partial charge in [0.15, 0.2) is 0 Å². The molecule has 1 aliphatic heterocycles. The Morgan fingerprint density at radius 3 is 3.21 bits per heavy atom. The number of imidazole rings is 1. The Morgan fingerprint density at radius 1 is 1.42 bits per heavy atom. The number of thiazole rings is 1. The van der Waals surface area contributed by atoms with Gasteiger partial charge in [0, 0.05) is 24.8 Å². The van der Waals surface area contributed by atoms with Gasteiger partial charge in [-0.2, -0.15) is 0 Å². The number of nitrogens with zero attached hydrogens (tertiary/aromatic N) is 3. The van der Waals surface area contributed by atoms with Crippen molar-refractivity contribution in [3.63, 3.8) is 0 Å². The number of benzene rings is 1. The highest BCUT2D eigenvalue weighted by molar-refractivity contribution is 7.09. The lowest BCUT2D eigenvalue weighted by atomic mass is 10.1. The minimum atomic E-state index is -0.260. The van der Waals surface area contributed by atoms with Crippen LogP contribution in [-0.2, 0) is 19.4 Å². The summed E-state index contributed by atoms with van der Waals surface area (Å²) in [6.45, 7) is 1.18. The predicted molar refractivity (Wildman–Crippen MR) is 88.4 cm³/mol. The van der Waals surface area contributed by atoms with E-state index in [-0.39, 0.29) is 11.7 Å². The molecule has 7 heteroatoms. The highest BCUT2D eigenvalue weighted by Crippen LogP contribution is 2.20. The molecule has 3 heterocycles. The van der Waals surface area contributed by atoms with E-state index in [0.29, 0.717) is 25.2 Å². The number of aromatic amines is 1. The summed E-state index contributed by atoms with van der Waals surface area (Å²) >= 11 is 1.43. The normalized spacial score (nSPS) is 13.8. The summed E-state index contributed by atoms with van der Waals surface area (Å²) in [6, 6.07) is 6.45. The summed E-state index contributed by atoms with van der Waals surface area (Å²) in [4.78, 5) is 26.2. The van der Waals surface area contributed by atoms with E-state index in [4.69, 9.17) is 0 Å². The summed E-state index contributed by atoms with van der Waals surface area (Å²) in [5.74, 6) is -0.332. The second kappa shape index (κ2) is 6.16. The standard InChI is InChI=1S/C17H15FN4OS/c18-12-3-1-2-11(6-12)7-16-21-15(9-24-16)17(23)22-5-4-13-14(8-22)20-10-19-13/h1-3,6,9-10H,4-5,7-8H2,(H,19,20). The van der Waals surface area contributed by atoms with Gasteiger partial charge in [-0.25, -0.2) is 14.4 Å². The monoisotopic (exact) mass is 342 g/mol. The Kier molecular flexibility index (Phi) is 3.86. The number of amides is 1. The van der Waals surface area contributed by atoms with Crippen LogP contribution in [0.3, 0.4) is 0 Å². The third-order valence-corrected chi connectivity index (χ3v) is 4.93. The number of halogens is 1. The summed E-state index contributed by atoms with van der Waals surface area (Å²) in [5, 5.41) is 2.59. The van der Waals surface area contributed by atoms with Crippen LogP contribution in [0.15, 0.2) is 36.0 Å². The zero-order valence-electron chi connectivity index (χ0n) is 12.8. The van der Waals surface area contributed by atoms with Crippen LogP contribution in [0.25, 0.3) is 0 Å². The van der Waals surface area contributed by atoms with E-state index >= 15 is 0 Å². The number of fused-ring (bicyclic) bond motifs is 1. The number of carbonyl (C=O) groups is 1. The Hall–Kier alpha value is -2.54. The maximum atomic E-state index is 13.3. The molecule has 1 amide bonds. The van der Waals surface area contributed by atoms with Gasteiger partial charge < -0.3 is 9.88 Å². The molecule has 0 unspecified atom stereocenters. The minimum Gasteiger partial charge on any atom is -0.347 e. The fraction of sp³-hybridized carbons (Fsp3) is 0.235. The largest absolute Gasteiger partial charge is 0.347 e. The fourth-order valence-electron chi connectivity index (χ4n) is 2.86. The third-order valence-electron chi connectivity index (χ3n) is 4.08. The van der Waals surface area contributed by atoms with Gasteiger partial charge in [-0.1, -0.05) is 12.1 Å². The van der Waals surface area contributed by atoms with Crippen molar-refractivity contribution in [3.8, 4) is 0 Å². The minimum absolute atomic E-state index is 0.0722. The second-order valence-corrected chi connectivity index (χ2v) is 6.68. The van der Waals surface area contributed by atoms with Gasteiger partial charge in [0.2, 0.25) is 0 Å². The van der Waals surface area contributed by atoms with Gasteiger partial charge in [-0.3, -0.25) is 4.79 Å². The first-order valence-corrected chi connectivity index (χ1v) is 8.56. The molecule has 1 aliphatic rings. The number of rotatable bonds is 3. The topological polar surface area (TPSA) is 61.9 Å². The van der Waals surface area contributed by atoms with Crippen LogP contribution >= 0.6 is 11.3 Å². The van der Waals surface area contributed by atoms with Gasteiger partial charge in [0.1, 0.15) is 11.5 Å². The summed E-state index contributed by atoms with van der Waals surface area (Å²) in [6.07, 6.45) is 2.95. The number of aromatic nitrogens is 3. The Balaban J connectivity index is 1.47. The molecule has 0 aliphatic carbocycles. The van der Waals surface area contributed by atoms with E-state index in [1.165, 1.54) is 23.5 Å². The van der Waals surface area contributed by atoms with Crippen LogP contribution in [0.5, 0.6) is 0 Å². The van der Waals surface area contributed by atoms with Crippen molar-refractivity contribution in [2.75, 3.05) is 6.54 Å². The molecular formula is C17H15FN4OS. The molecule has 0 fully saturated rings.